The third-order valence-corrected chi connectivity index (χ3v) is 3.92. The number of carbonyl (C=O) groups excluding carboxylic acids is 1. The summed E-state index contributed by atoms with van der Waals surface area (Å²) in [4.78, 5) is 13.3. The molecule has 0 aromatic carbocycles. The SMILES string of the molecule is CCCCC1CCC(NC(=O)N(C)CCO)CC1. The Bertz CT molecular complexity index is 238. The molecule has 4 nitrogen and oxygen atoms in total. The molecule has 1 fully saturated rings. The Morgan fingerprint density at radius 3 is 2.56 bits per heavy atom. The fraction of sp³-hybridized carbons (Fsp3) is 0.929. The van der Waals surface area contributed by atoms with E-state index in [2.05, 4.69) is 12.2 Å². The zero-order chi connectivity index (χ0) is 13.4. The molecule has 4 heteroatoms. The van der Waals surface area contributed by atoms with Crippen LogP contribution in [-0.4, -0.2) is 42.3 Å². The van der Waals surface area contributed by atoms with E-state index < -0.39 is 0 Å². The highest BCUT2D eigenvalue weighted by atomic mass is 16.3. The molecule has 0 heterocycles. The number of hydrogen-bond donors (Lipinski definition) is 2. The Labute approximate surface area is 111 Å². The van der Waals surface area contributed by atoms with E-state index in [9.17, 15) is 4.79 Å². The standard InChI is InChI=1S/C14H28N2O2/c1-3-4-5-12-6-8-13(9-7-12)15-14(18)16(2)10-11-17/h12-13,17H,3-11H2,1-2H3,(H,15,18). The lowest BCUT2D eigenvalue weighted by molar-refractivity contribution is 0.180. The Kier molecular flexibility index (Phi) is 7.09. The van der Waals surface area contributed by atoms with Crippen LogP contribution in [0.4, 0.5) is 4.79 Å². The van der Waals surface area contributed by atoms with Gasteiger partial charge in [-0.15, -0.1) is 0 Å². The molecule has 0 atom stereocenters. The minimum atomic E-state index is -0.0546. The lowest BCUT2D eigenvalue weighted by atomic mass is 9.83. The second-order valence-electron chi connectivity index (χ2n) is 5.45. The predicted molar refractivity (Wildman–Crippen MR) is 73.5 cm³/mol. The molecule has 106 valence electrons. The minimum Gasteiger partial charge on any atom is -0.395 e. The first-order chi connectivity index (χ1) is 8.67. The Morgan fingerprint density at radius 2 is 2.00 bits per heavy atom. The largest absolute Gasteiger partial charge is 0.395 e. The molecule has 1 aliphatic rings. The van der Waals surface area contributed by atoms with E-state index in [4.69, 9.17) is 5.11 Å². The van der Waals surface area contributed by atoms with Crippen LogP contribution in [-0.2, 0) is 0 Å². The number of aliphatic hydroxyl groups excluding tert-OH is 1. The van der Waals surface area contributed by atoms with Crippen molar-refractivity contribution in [3.8, 4) is 0 Å². The number of rotatable bonds is 6. The van der Waals surface area contributed by atoms with E-state index in [1.165, 1.54) is 32.1 Å². The van der Waals surface area contributed by atoms with Crippen LogP contribution in [0.25, 0.3) is 0 Å². The lowest BCUT2D eigenvalue weighted by Gasteiger charge is -2.30. The maximum atomic E-state index is 11.8. The molecule has 18 heavy (non-hydrogen) atoms. The number of unbranched alkanes of at least 4 members (excludes halogenated alkanes) is 1. The van der Waals surface area contributed by atoms with E-state index in [0.29, 0.717) is 12.6 Å². The van der Waals surface area contributed by atoms with Crippen LogP contribution in [0.2, 0.25) is 0 Å². The van der Waals surface area contributed by atoms with Gasteiger partial charge in [0.2, 0.25) is 0 Å². The van der Waals surface area contributed by atoms with E-state index in [-0.39, 0.29) is 12.6 Å². The van der Waals surface area contributed by atoms with Crippen LogP contribution in [0, 0.1) is 5.92 Å². The van der Waals surface area contributed by atoms with E-state index in [1.54, 1.807) is 11.9 Å². The summed E-state index contributed by atoms with van der Waals surface area (Å²) < 4.78 is 0. The highest BCUT2D eigenvalue weighted by molar-refractivity contribution is 5.74. The second-order valence-corrected chi connectivity index (χ2v) is 5.45. The average molecular weight is 256 g/mol. The van der Waals surface area contributed by atoms with Crippen molar-refractivity contribution in [1.82, 2.24) is 10.2 Å². The summed E-state index contributed by atoms with van der Waals surface area (Å²) in [7, 11) is 1.72. The minimum absolute atomic E-state index is 0.0215. The van der Waals surface area contributed by atoms with Crippen LogP contribution in [0.5, 0.6) is 0 Å². The van der Waals surface area contributed by atoms with Crippen molar-refractivity contribution in [2.24, 2.45) is 5.92 Å². The van der Waals surface area contributed by atoms with Gasteiger partial charge in [0.05, 0.1) is 6.61 Å². The van der Waals surface area contributed by atoms with E-state index >= 15 is 0 Å². The molecule has 0 aromatic rings. The number of amides is 2. The quantitative estimate of drug-likeness (QED) is 0.766. The number of nitrogens with zero attached hydrogens (tertiary/aromatic N) is 1. The molecular weight excluding hydrogens is 228 g/mol. The zero-order valence-electron chi connectivity index (χ0n) is 11.8. The molecule has 1 saturated carbocycles. The second kappa shape index (κ2) is 8.35. The molecular formula is C14H28N2O2. The number of likely N-dealkylation sites (N-methyl/N-ethyl adjacent to an activating group) is 1. The van der Waals surface area contributed by atoms with Crippen molar-refractivity contribution < 1.29 is 9.90 Å². The Hall–Kier alpha value is -0.770. The summed E-state index contributed by atoms with van der Waals surface area (Å²) in [5.74, 6) is 0.869. The van der Waals surface area contributed by atoms with Crippen molar-refractivity contribution >= 4 is 6.03 Å². The molecule has 0 saturated heterocycles. The Morgan fingerprint density at radius 1 is 1.33 bits per heavy atom. The molecule has 0 spiro atoms. The van der Waals surface area contributed by atoms with Crippen molar-refractivity contribution in [3.63, 3.8) is 0 Å². The maximum Gasteiger partial charge on any atom is 0.317 e. The monoisotopic (exact) mass is 256 g/mol. The zero-order valence-corrected chi connectivity index (χ0v) is 11.8. The molecule has 1 aliphatic carbocycles. The number of carbonyl (C=O) groups is 1. The Balaban J connectivity index is 2.20. The molecule has 1 rings (SSSR count). The van der Waals surface area contributed by atoms with Crippen molar-refractivity contribution in [2.45, 2.75) is 57.9 Å². The van der Waals surface area contributed by atoms with Gasteiger partial charge in [-0.1, -0.05) is 26.2 Å². The van der Waals surface area contributed by atoms with Gasteiger partial charge in [0.1, 0.15) is 0 Å². The maximum absolute atomic E-state index is 11.8. The van der Waals surface area contributed by atoms with Gasteiger partial charge in [0, 0.05) is 19.6 Å². The highest BCUT2D eigenvalue weighted by Crippen LogP contribution is 2.28. The summed E-state index contributed by atoms with van der Waals surface area (Å²) in [6.07, 6.45) is 8.66. The summed E-state index contributed by atoms with van der Waals surface area (Å²) in [6, 6.07) is 0.276. The number of nitrogens with one attached hydrogen (secondary N) is 1. The van der Waals surface area contributed by atoms with E-state index in [0.717, 1.165) is 18.8 Å². The average Bonchev–Trinajstić information content (AvgIpc) is 2.38. The van der Waals surface area contributed by atoms with Crippen molar-refractivity contribution in [2.75, 3.05) is 20.2 Å². The third kappa shape index (κ3) is 5.25. The molecule has 0 bridgehead atoms. The first-order valence-corrected chi connectivity index (χ1v) is 7.29. The molecule has 2 N–H and O–H groups in total. The van der Waals surface area contributed by atoms with Crippen molar-refractivity contribution in [1.29, 1.82) is 0 Å². The van der Waals surface area contributed by atoms with Crippen molar-refractivity contribution in [3.05, 3.63) is 0 Å². The number of hydrogen-bond acceptors (Lipinski definition) is 2. The summed E-state index contributed by atoms with van der Waals surface area (Å²) in [5.41, 5.74) is 0. The molecule has 0 aliphatic heterocycles. The molecule has 2 amide bonds. The van der Waals surface area contributed by atoms with E-state index in [1.807, 2.05) is 0 Å². The van der Waals surface area contributed by atoms with Gasteiger partial charge in [0.25, 0.3) is 0 Å². The summed E-state index contributed by atoms with van der Waals surface area (Å²) in [5, 5.41) is 11.8. The molecule has 0 radical (unpaired) electrons. The lowest BCUT2D eigenvalue weighted by Crippen LogP contribution is -2.45. The van der Waals surface area contributed by atoms with Gasteiger partial charge in [-0.25, -0.2) is 4.79 Å². The predicted octanol–water partition coefficient (Wildman–Crippen LogP) is 2.37. The fourth-order valence-electron chi connectivity index (χ4n) is 2.62. The van der Waals surface area contributed by atoms with Gasteiger partial charge in [-0.2, -0.15) is 0 Å². The van der Waals surface area contributed by atoms with Crippen LogP contribution in [0.1, 0.15) is 51.9 Å². The smallest absolute Gasteiger partial charge is 0.317 e. The summed E-state index contributed by atoms with van der Waals surface area (Å²) >= 11 is 0. The molecule has 0 unspecified atom stereocenters. The number of aliphatic hydroxyl groups is 1. The van der Waals surface area contributed by atoms with Gasteiger partial charge in [-0.3, -0.25) is 0 Å². The van der Waals surface area contributed by atoms with Gasteiger partial charge < -0.3 is 15.3 Å². The normalized spacial score (nSPS) is 23.7. The highest BCUT2D eigenvalue weighted by Gasteiger charge is 2.22. The third-order valence-electron chi connectivity index (χ3n) is 3.92. The van der Waals surface area contributed by atoms with Crippen LogP contribution in [0.15, 0.2) is 0 Å². The van der Waals surface area contributed by atoms with Crippen LogP contribution < -0.4 is 5.32 Å². The first kappa shape index (κ1) is 15.3. The van der Waals surface area contributed by atoms with Gasteiger partial charge in [-0.05, 0) is 31.6 Å². The molecule has 0 aromatic heterocycles. The fourth-order valence-corrected chi connectivity index (χ4v) is 2.62. The van der Waals surface area contributed by atoms with Crippen LogP contribution in [0.3, 0.4) is 0 Å². The van der Waals surface area contributed by atoms with Crippen LogP contribution >= 0.6 is 0 Å². The van der Waals surface area contributed by atoms with Gasteiger partial charge in [0.15, 0.2) is 0 Å². The van der Waals surface area contributed by atoms with Gasteiger partial charge >= 0.3 is 6.03 Å². The topological polar surface area (TPSA) is 52.6 Å². The summed E-state index contributed by atoms with van der Waals surface area (Å²) in [6.45, 7) is 2.66. The first-order valence-electron chi connectivity index (χ1n) is 7.29. The number of urea groups is 1.